The minimum Gasteiger partial charge on any atom is -0.327 e. The Kier molecular flexibility index (Phi) is 4.66. The van der Waals surface area contributed by atoms with Gasteiger partial charge in [-0.3, -0.25) is 4.90 Å². The molecule has 0 amide bonds. The fraction of sp³-hybridized carbons (Fsp3) is 1.00. The molecule has 0 radical (unpaired) electrons. The van der Waals surface area contributed by atoms with E-state index in [1.165, 1.54) is 57.9 Å². The van der Waals surface area contributed by atoms with E-state index in [-0.39, 0.29) is 0 Å². The predicted molar refractivity (Wildman–Crippen MR) is 69.4 cm³/mol. The summed E-state index contributed by atoms with van der Waals surface area (Å²) in [7, 11) is 0. The van der Waals surface area contributed by atoms with E-state index in [1.54, 1.807) is 0 Å². The first kappa shape index (κ1) is 12.4. The van der Waals surface area contributed by atoms with E-state index >= 15 is 0 Å². The van der Waals surface area contributed by atoms with Crippen LogP contribution in [0, 0.1) is 5.92 Å². The molecule has 2 aliphatic rings. The van der Waals surface area contributed by atoms with E-state index in [4.69, 9.17) is 5.73 Å². The molecule has 2 rings (SSSR count). The normalized spacial score (nSPS) is 33.4. The topological polar surface area (TPSA) is 29.3 Å². The van der Waals surface area contributed by atoms with Gasteiger partial charge in [0.05, 0.1) is 0 Å². The monoisotopic (exact) mass is 224 g/mol. The zero-order chi connectivity index (χ0) is 11.4. The summed E-state index contributed by atoms with van der Waals surface area (Å²) in [6.45, 7) is 4.69. The van der Waals surface area contributed by atoms with Crippen molar-refractivity contribution in [3.8, 4) is 0 Å². The standard InChI is InChI=1S/C14H28N2/c1-2-6-13(15)11-16-10-5-8-12-7-3-4-9-14(12)16/h12-14H,2-11,15H2,1H3/t12-,13?,14-/m1/s1. The lowest BCUT2D eigenvalue weighted by Gasteiger charge is -2.45. The van der Waals surface area contributed by atoms with Gasteiger partial charge in [0, 0.05) is 18.6 Å². The number of nitrogens with zero attached hydrogens (tertiary/aromatic N) is 1. The molecule has 0 aromatic rings. The van der Waals surface area contributed by atoms with Crippen LogP contribution in [0.25, 0.3) is 0 Å². The SMILES string of the molecule is CCCC(N)CN1CCC[C@H]2CCCC[C@H]21. The van der Waals surface area contributed by atoms with E-state index in [0.717, 1.165) is 18.5 Å². The second-order valence-electron chi connectivity index (χ2n) is 5.80. The summed E-state index contributed by atoms with van der Waals surface area (Å²) >= 11 is 0. The number of piperidine rings is 1. The van der Waals surface area contributed by atoms with E-state index in [2.05, 4.69) is 11.8 Å². The van der Waals surface area contributed by atoms with Crippen molar-refractivity contribution in [2.75, 3.05) is 13.1 Å². The van der Waals surface area contributed by atoms with Crippen LogP contribution in [-0.2, 0) is 0 Å². The lowest BCUT2D eigenvalue weighted by atomic mass is 9.78. The predicted octanol–water partition coefficient (Wildman–Crippen LogP) is 2.77. The number of nitrogens with two attached hydrogens (primary N) is 1. The molecular formula is C14H28N2. The highest BCUT2D eigenvalue weighted by Crippen LogP contribution is 2.35. The summed E-state index contributed by atoms with van der Waals surface area (Å²) in [5.41, 5.74) is 6.20. The van der Waals surface area contributed by atoms with Gasteiger partial charge in [-0.15, -0.1) is 0 Å². The Hall–Kier alpha value is -0.0800. The summed E-state index contributed by atoms with van der Waals surface area (Å²) in [5, 5.41) is 0. The molecule has 1 saturated heterocycles. The molecule has 0 spiro atoms. The molecule has 2 heteroatoms. The van der Waals surface area contributed by atoms with Crippen molar-refractivity contribution < 1.29 is 0 Å². The van der Waals surface area contributed by atoms with Gasteiger partial charge < -0.3 is 5.73 Å². The molecule has 1 aliphatic carbocycles. The Morgan fingerprint density at radius 2 is 1.94 bits per heavy atom. The molecule has 2 N–H and O–H groups in total. The molecule has 3 atom stereocenters. The third-order valence-electron chi connectivity index (χ3n) is 4.49. The van der Waals surface area contributed by atoms with Gasteiger partial charge in [-0.05, 0) is 44.6 Å². The minimum absolute atomic E-state index is 0.408. The maximum Gasteiger partial charge on any atom is 0.0167 e. The average Bonchev–Trinajstić information content (AvgIpc) is 2.30. The van der Waals surface area contributed by atoms with Crippen LogP contribution in [0.2, 0.25) is 0 Å². The molecule has 1 saturated carbocycles. The van der Waals surface area contributed by atoms with Crippen LogP contribution in [0.1, 0.15) is 58.3 Å². The fourth-order valence-corrected chi connectivity index (χ4v) is 3.72. The van der Waals surface area contributed by atoms with E-state index in [0.29, 0.717) is 6.04 Å². The van der Waals surface area contributed by atoms with Crippen LogP contribution in [0.3, 0.4) is 0 Å². The fourth-order valence-electron chi connectivity index (χ4n) is 3.72. The zero-order valence-corrected chi connectivity index (χ0v) is 10.8. The van der Waals surface area contributed by atoms with Gasteiger partial charge in [-0.2, -0.15) is 0 Å². The maximum absolute atomic E-state index is 6.20. The first-order valence-corrected chi connectivity index (χ1v) is 7.31. The number of fused-ring (bicyclic) bond motifs is 1. The summed E-state index contributed by atoms with van der Waals surface area (Å²) in [5.74, 6) is 0.997. The Balaban J connectivity index is 1.87. The summed E-state index contributed by atoms with van der Waals surface area (Å²) < 4.78 is 0. The van der Waals surface area contributed by atoms with Crippen molar-refractivity contribution in [3.63, 3.8) is 0 Å². The lowest BCUT2D eigenvalue weighted by Crippen LogP contribution is -2.50. The van der Waals surface area contributed by atoms with Crippen molar-refractivity contribution in [1.82, 2.24) is 4.90 Å². The highest BCUT2D eigenvalue weighted by molar-refractivity contribution is 4.88. The quantitative estimate of drug-likeness (QED) is 0.795. The zero-order valence-electron chi connectivity index (χ0n) is 10.8. The molecule has 0 aromatic heterocycles. The number of hydrogen-bond donors (Lipinski definition) is 1. The van der Waals surface area contributed by atoms with Gasteiger partial charge in [-0.25, -0.2) is 0 Å². The number of rotatable bonds is 4. The van der Waals surface area contributed by atoms with Crippen LogP contribution in [-0.4, -0.2) is 30.1 Å². The summed E-state index contributed by atoms with van der Waals surface area (Å²) in [4.78, 5) is 2.72. The van der Waals surface area contributed by atoms with Crippen molar-refractivity contribution >= 4 is 0 Å². The largest absolute Gasteiger partial charge is 0.327 e. The summed E-state index contributed by atoms with van der Waals surface area (Å²) in [6, 6.07) is 1.29. The van der Waals surface area contributed by atoms with Crippen molar-refractivity contribution in [2.24, 2.45) is 11.7 Å². The molecule has 2 fully saturated rings. The third-order valence-corrected chi connectivity index (χ3v) is 4.49. The molecule has 0 bridgehead atoms. The van der Waals surface area contributed by atoms with Gasteiger partial charge in [0.15, 0.2) is 0 Å². The molecule has 2 nitrogen and oxygen atoms in total. The second-order valence-corrected chi connectivity index (χ2v) is 5.80. The van der Waals surface area contributed by atoms with Crippen LogP contribution in [0.15, 0.2) is 0 Å². The Labute approximate surface area is 101 Å². The van der Waals surface area contributed by atoms with Crippen LogP contribution in [0.5, 0.6) is 0 Å². The van der Waals surface area contributed by atoms with Gasteiger partial charge in [0.1, 0.15) is 0 Å². The first-order chi connectivity index (χ1) is 7.81. The smallest absolute Gasteiger partial charge is 0.0167 e. The Morgan fingerprint density at radius 1 is 1.19 bits per heavy atom. The minimum atomic E-state index is 0.408. The maximum atomic E-state index is 6.20. The van der Waals surface area contributed by atoms with E-state index in [9.17, 15) is 0 Å². The molecule has 1 heterocycles. The van der Waals surface area contributed by atoms with Crippen molar-refractivity contribution in [2.45, 2.75) is 70.4 Å². The highest BCUT2D eigenvalue weighted by Gasteiger charge is 2.33. The van der Waals surface area contributed by atoms with E-state index in [1.807, 2.05) is 0 Å². The van der Waals surface area contributed by atoms with Crippen LogP contribution >= 0.6 is 0 Å². The van der Waals surface area contributed by atoms with Crippen molar-refractivity contribution in [3.05, 3.63) is 0 Å². The number of hydrogen-bond acceptors (Lipinski definition) is 2. The van der Waals surface area contributed by atoms with Gasteiger partial charge in [0.2, 0.25) is 0 Å². The second kappa shape index (κ2) is 6.02. The van der Waals surface area contributed by atoms with E-state index < -0.39 is 0 Å². The number of likely N-dealkylation sites (tertiary alicyclic amines) is 1. The molecule has 0 aromatic carbocycles. The van der Waals surface area contributed by atoms with Crippen molar-refractivity contribution in [1.29, 1.82) is 0 Å². The Bertz CT molecular complexity index is 203. The molecule has 16 heavy (non-hydrogen) atoms. The Morgan fingerprint density at radius 3 is 2.75 bits per heavy atom. The first-order valence-electron chi connectivity index (χ1n) is 7.31. The highest BCUT2D eigenvalue weighted by atomic mass is 15.2. The van der Waals surface area contributed by atoms with Crippen LogP contribution < -0.4 is 5.73 Å². The molecular weight excluding hydrogens is 196 g/mol. The summed E-state index contributed by atoms with van der Waals surface area (Å²) in [6.07, 6.45) is 11.1. The van der Waals surface area contributed by atoms with Gasteiger partial charge >= 0.3 is 0 Å². The van der Waals surface area contributed by atoms with Gasteiger partial charge in [0.25, 0.3) is 0 Å². The molecule has 1 aliphatic heterocycles. The third kappa shape index (κ3) is 2.98. The van der Waals surface area contributed by atoms with Gasteiger partial charge in [-0.1, -0.05) is 26.2 Å². The lowest BCUT2D eigenvalue weighted by molar-refractivity contribution is 0.0555. The van der Waals surface area contributed by atoms with Crippen LogP contribution in [0.4, 0.5) is 0 Å². The molecule has 1 unspecified atom stereocenters. The average molecular weight is 224 g/mol. The molecule has 94 valence electrons.